The fourth-order valence-electron chi connectivity index (χ4n) is 7.70. The van der Waals surface area contributed by atoms with Gasteiger partial charge in [0.1, 0.15) is 70.4 Å². The SMILES string of the molecule is CN(C(=O)OC(C)(C)C)[C@@H]1[C@@H](O)[C@@H](O[C@@H]2[C@@H](O)[C@H](O[C@H]3OC(CN)=CC[C@H]3NC(=O)C(O)CNC(=O)OC(C)(C)C)[C@@H](NC(=O)OC(C)(C)C)C[C@H]2NC(=O)[C@@H](O)CCNC(=O)OC(C)(C)C)OC[C@]1(C)O. The Bertz CT molecular complexity index is 1890. The fourth-order valence-corrected chi connectivity index (χ4v) is 7.70. The molecule has 1 unspecified atom stereocenters. The first-order chi connectivity index (χ1) is 32.9. The summed E-state index contributed by atoms with van der Waals surface area (Å²) in [4.78, 5) is 79.4. The van der Waals surface area contributed by atoms with Crippen LogP contribution in [0.2, 0.25) is 0 Å². The highest BCUT2D eigenvalue weighted by atomic mass is 16.7. The van der Waals surface area contributed by atoms with E-state index in [0.717, 1.165) is 4.90 Å². The number of likely N-dealkylation sites (N-methyl/N-ethyl adjacent to an activating group) is 1. The van der Waals surface area contributed by atoms with E-state index in [-0.39, 0.29) is 38.1 Å². The zero-order valence-corrected chi connectivity index (χ0v) is 43.9. The van der Waals surface area contributed by atoms with Crippen molar-refractivity contribution >= 4 is 36.2 Å². The van der Waals surface area contributed by atoms with Gasteiger partial charge in [-0.3, -0.25) is 9.59 Å². The summed E-state index contributed by atoms with van der Waals surface area (Å²) in [6.45, 7) is 19.4. The third kappa shape index (κ3) is 19.6. The summed E-state index contributed by atoms with van der Waals surface area (Å²) in [6, 6.07) is -5.31. The normalized spacial score (nSPS) is 28.9. The fraction of sp³-hybridized carbons (Fsp3) is 0.826. The molecule has 0 aromatic heterocycles. The van der Waals surface area contributed by atoms with E-state index in [2.05, 4.69) is 26.6 Å². The van der Waals surface area contributed by atoms with E-state index in [9.17, 15) is 54.3 Å². The van der Waals surface area contributed by atoms with Crippen LogP contribution in [0.25, 0.3) is 0 Å². The Morgan fingerprint density at radius 3 is 1.75 bits per heavy atom. The van der Waals surface area contributed by atoms with Gasteiger partial charge in [0, 0.05) is 13.6 Å². The molecule has 414 valence electrons. The van der Waals surface area contributed by atoms with Crippen LogP contribution in [0.4, 0.5) is 19.2 Å². The highest BCUT2D eigenvalue weighted by Crippen LogP contribution is 2.35. The molecule has 26 nitrogen and oxygen atoms in total. The first kappa shape index (κ1) is 61.5. The van der Waals surface area contributed by atoms with Gasteiger partial charge in [-0.1, -0.05) is 0 Å². The smallest absolute Gasteiger partial charge is 0.410 e. The van der Waals surface area contributed by atoms with Gasteiger partial charge >= 0.3 is 24.4 Å². The van der Waals surface area contributed by atoms with Crippen LogP contribution < -0.4 is 32.3 Å². The van der Waals surface area contributed by atoms with E-state index in [1.807, 2.05) is 0 Å². The van der Waals surface area contributed by atoms with Gasteiger partial charge in [0.15, 0.2) is 6.29 Å². The average molecular weight is 1040 g/mol. The summed E-state index contributed by atoms with van der Waals surface area (Å²) in [7, 11) is 1.28. The van der Waals surface area contributed by atoms with Gasteiger partial charge in [0.2, 0.25) is 12.2 Å². The van der Waals surface area contributed by atoms with Crippen LogP contribution in [0.5, 0.6) is 0 Å². The molecule has 2 aliphatic heterocycles. The van der Waals surface area contributed by atoms with E-state index in [1.165, 1.54) is 14.0 Å². The zero-order chi connectivity index (χ0) is 54.9. The summed E-state index contributed by atoms with van der Waals surface area (Å²) < 4.78 is 46.1. The minimum absolute atomic E-state index is 0.00397. The molecule has 26 heteroatoms. The standard InChI is InChI=1S/C46H81N7O19/c1-42(2,3)69-38(60)48-18-17-27(54)34(58)51-25-19-26(52-40(62)71-44(7,8)9)32(29(56)31(25)68-37-30(57)33(46(13,64)22-65-37)53(14)41(63)72-45(10,11)12)67-36-24(16-15-23(20-47)66-36)50-35(59)28(55)21-49-39(61)70-43(4,5)6/h15,24-33,36-37,54-57,64H,16-22,47H2,1-14H3,(H,48,60)(H,49,61)(H,50,59)(H,51,58)(H,52,62)/t24-,25-,26+,27+,28?,29-,30-,31+,32-,33-,36-,37-,46+/m1/s1. The molecule has 12 N–H and O–H groups in total. The van der Waals surface area contributed by atoms with Crippen LogP contribution in [0.3, 0.4) is 0 Å². The van der Waals surface area contributed by atoms with Gasteiger partial charge in [0.25, 0.3) is 5.91 Å². The lowest BCUT2D eigenvalue weighted by atomic mass is 9.82. The molecule has 0 bridgehead atoms. The highest BCUT2D eigenvalue weighted by molar-refractivity contribution is 5.82. The van der Waals surface area contributed by atoms with Crippen molar-refractivity contribution in [3.05, 3.63) is 11.8 Å². The minimum atomic E-state index is -1.97. The largest absolute Gasteiger partial charge is 0.466 e. The Morgan fingerprint density at radius 2 is 1.21 bits per heavy atom. The van der Waals surface area contributed by atoms with Crippen molar-refractivity contribution in [1.29, 1.82) is 0 Å². The third-order valence-electron chi connectivity index (χ3n) is 10.7. The number of alkyl carbamates (subject to hydrolysis) is 3. The van der Waals surface area contributed by atoms with Crippen LogP contribution in [-0.4, -0.2) is 201 Å². The lowest BCUT2D eigenvalue weighted by Gasteiger charge is -2.50. The molecule has 1 saturated carbocycles. The van der Waals surface area contributed by atoms with Gasteiger partial charge < -0.3 is 101 Å². The van der Waals surface area contributed by atoms with Gasteiger partial charge in [-0.05, 0) is 115 Å². The van der Waals surface area contributed by atoms with Crippen molar-refractivity contribution in [2.45, 2.75) is 211 Å². The van der Waals surface area contributed by atoms with Crippen LogP contribution in [-0.2, 0) is 47.5 Å². The van der Waals surface area contributed by atoms with Gasteiger partial charge in [0.05, 0.1) is 43.9 Å². The first-order valence-electron chi connectivity index (χ1n) is 23.8. The number of nitrogens with two attached hydrogens (primary N) is 1. The Balaban J connectivity index is 2.07. The van der Waals surface area contributed by atoms with E-state index in [0.29, 0.717) is 0 Å². The number of aliphatic hydroxyl groups is 5. The molecule has 2 fully saturated rings. The number of ether oxygens (including phenoxy) is 8. The molecular weight excluding hydrogens is 955 g/mol. The molecule has 13 atom stereocenters. The molecule has 3 aliphatic rings. The van der Waals surface area contributed by atoms with Crippen molar-refractivity contribution in [2.75, 3.05) is 33.3 Å². The molecule has 3 rings (SSSR count). The molecule has 2 heterocycles. The Hall–Kier alpha value is -4.80. The number of nitrogens with zero attached hydrogens (tertiary/aromatic N) is 1. The molecule has 0 radical (unpaired) electrons. The maximum absolute atomic E-state index is 13.8. The second-order valence-electron chi connectivity index (χ2n) is 22.2. The zero-order valence-electron chi connectivity index (χ0n) is 43.9. The summed E-state index contributed by atoms with van der Waals surface area (Å²) in [5.74, 6) is -1.80. The van der Waals surface area contributed by atoms with E-state index < -0.39 is 151 Å². The van der Waals surface area contributed by atoms with E-state index in [4.69, 9.17) is 43.6 Å². The summed E-state index contributed by atoms with van der Waals surface area (Å²) in [5, 5.41) is 70.3. The molecule has 0 aromatic rings. The van der Waals surface area contributed by atoms with E-state index in [1.54, 1.807) is 89.2 Å². The monoisotopic (exact) mass is 1040 g/mol. The molecule has 1 aliphatic carbocycles. The number of amides is 6. The van der Waals surface area contributed by atoms with Crippen LogP contribution in [0, 0.1) is 0 Å². The Labute approximate surface area is 420 Å². The lowest BCUT2D eigenvalue weighted by Crippen LogP contribution is -2.71. The molecule has 6 amide bonds. The number of rotatable bonds is 16. The average Bonchev–Trinajstić information content (AvgIpc) is 3.20. The number of carbonyl (C=O) groups excluding carboxylic acids is 6. The summed E-state index contributed by atoms with van der Waals surface area (Å²) in [5.41, 5.74) is 0.333. The second-order valence-corrected chi connectivity index (χ2v) is 22.2. The summed E-state index contributed by atoms with van der Waals surface area (Å²) >= 11 is 0. The predicted molar refractivity (Wildman–Crippen MR) is 253 cm³/mol. The van der Waals surface area contributed by atoms with Crippen molar-refractivity contribution in [3.63, 3.8) is 0 Å². The number of aliphatic hydroxyl groups excluding tert-OH is 4. The van der Waals surface area contributed by atoms with Crippen LogP contribution in [0.1, 0.15) is 109 Å². The van der Waals surface area contributed by atoms with Crippen LogP contribution in [0.15, 0.2) is 11.8 Å². The van der Waals surface area contributed by atoms with Gasteiger partial charge in [-0.25, -0.2) is 19.2 Å². The summed E-state index contributed by atoms with van der Waals surface area (Å²) in [6.07, 6.45) is -16.8. The first-order valence-corrected chi connectivity index (χ1v) is 23.8. The van der Waals surface area contributed by atoms with Crippen molar-refractivity contribution in [2.24, 2.45) is 5.73 Å². The number of hydrogen-bond donors (Lipinski definition) is 11. The minimum Gasteiger partial charge on any atom is -0.466 e. The highest BCUT2D eigenvalue weighted by Gasteiger charge is 2.55. The molecule has 72 heavy (non-hydrogen) atoms. The molecule has 1 saturated heterocycles. The number of hydrogen-bond acceptors (Lipinski definition) is 20. The maximum Gasteiger partial charge on any atom is 0.410 e. The van der Waals surface area contributed by atoms with Crippen molar-refractivity contribution in [1.82, 2.24) is 31.5 Å². The van der Waals surface area contributed by atoms with Crippen LogP contribution >= 0.6 is 0 Å². The number of nitrogens with one attached hydrogen (secondary N) is 5. The van der Waals surface area contributed by atoms with Gasteiger partial charge in [-0.15, -0.1) is 0 Å². The van der Waals surface area contributed by atoms with Gasteiger partial charge in [-0.2, -0.15) is 0 Å². The molecular formula is C46H81N7O19. The van der Waals surface area contributed by atoms with E-state index >= 15 is 0 Å². The predicted octanol–water partition coefficient (Wildman–Crippen LogP) is -0.162. The molecule has 0 aromatic carbocycles. The third-order valence-corrected chi connectivity index (χ3v) is 10.7. The molecule has 0 spiro atoms. The van der Waals surface area contributed by atoms with Crippen molar-refractivity contribution in [3.8, 4) is 0 Å². The lowest BCUT2D eigenvalue weighted by molar-refractivity contribution is -0.311. The Morgan fingerprint density at radius 1 is 0.722 bits per heavy atom. The van der Waals surface area contributed by atoms with Crippen molar-refractivity contribution < 1.29 is 92.2 Å². The number of carbonyl (C=O) groups is 6. The maximum atomic E-state index is 13.8. The second kappa shape index (κ2) is 25.0. The quantitative estimate of drug-likeness (QED) is 0.0895. The topological polar surface area (TPSA) is 367 Å². The Kier molecular flexibility index (Phi) is 21.3.